The molecule has 0 aliphatic rings. The SMILES string of the molecule is CC(C(N)c1ccc(F)c(Br)c1)S(C)(=O)=O. The van der Waals surface area contributed by atoms with E-state index in [1.807, 2.05) is 0 Å². The average Bonchev–Trinajstić information content (AvgIpc) is 2.18. The molecule has 90 valence electrons. The smallest absolute Gasteiger partial charge is 0.151 e. The predicted molar refractivity (Wildman–Crippen MR) is 65.3 cm³/mol. The van der Waals surface area contributed by atoms with Crippen LogP contribution in [0.3, 0.4) is 0 Å². The number of hydrogen-bond donors (Lipinski definition) is 1. The first-order valence-electron chi connectivity index (χ1n) is 4.63. The molecule has 0 bridgehead atoms. The van der Waals surface area contributed by atoms with Crippen LogP contribution in [-0.2, 0) is 9.84 Å². The molecule has 2 unspecified atom stereocenters. The molecule has 0 saturated carbocycles. The Morgan fingerprint density at radius 3 is 2.44 bits per heavy atom. The summed E-state index contributed by atoms with van der Waals surface area (Å²) in [7, 11) is -3.21. The molecule has 2 atom stereocenters. The fourth-order valence-electron chi connectivity index (χ4n) is 1.26. The van der Waals surface area contributed by atoms with E-state index >= 15 is 0 Å². The summed E-state index contributed by atoms with van der Waals surface area (Å²) in [6.07, 6.45) is 1.14. The van der Waals surface area contributed by atoms with E-state index in [2.05, 4.69) is 15.9 Å². The minimum Gasteiger partial charge on any atom is -0.323 e. The lowest BCUT2D eigenvalue weighted by Gasteiger charge is -2.18. The van der Waals surface area contributed by atoms with Gasteiger partial charge in [-0.2, -0.15) is 0 Å². The zero-order valence-electron chi connectivity index (χ0n) is 8.94. The van der Waals surface area contributed by atoms with Crippen LogP contribution in [0.2, 0.25) is 0 Å². The lowest BCUT2D eigenvalue weighted by Crippen LogP contribution is -2.30. The van der Waals surface area contributed by atoms with Gasteiger partial charge in [0.2, 0.25) is 0 Å². The summed E-state index contributed by atoms with van der Waals surface area (Å²) in [5.41, 5.74) is 6.41. The molecule has 16 heavy (non-hydrogen) atoms. The molecule has 0 aromatic heterocycles. The Hall–Kier alpha value is -0.460. The van der Waals surface area contributed by atoms with Gasteiger partial charge in [0.1, 0.15) is 5.82 Å². The van der Waals surface area contributed by atoms with E-state index in [9.17, 15) is 12.8 Å². The molecule has 1 aromatic rings. The molecular formula is C10H13BrFNO2S. The molecule has 0 spiro atoms. The van der Waals surface area contributed by atoms with Crippen molar-refractivity contribution in [3.63, 3.8) is 0 Å². The largest absolute Gasteiger partial charge is 0.323 e. The van der Waals surface area contributed by atoms with Gasteiger partial charge < -0.3 is 5.73 Å². The lowest BCUT2D eigenvalue weighted by molar-refractivity contribution is 0.570. The Kier molecular flexibility index (Phi) is 4.09. The van der Waals surface area contributed by atoms with Crippen LogP contribution in [0.4, 0.5) is 4.39 Å². The van der Waals surface area contributed by atoms with Crippen molar-refractivity contribution in [3.05, 3.63) is 34.1 Å². The van der Waals surface area contributed by atoms with Gasteiger partial charge in [0.15, 0.2) is 9.84 Å². The van der Waals surface area contributed by atoms with E-state index < -0.39 is 26.9 Å². The molecule has 1 aromatic carbocycles. The third-order valence-electron chi connectivity index (χ3n) is 2.51. The lowest BCUT2D eigenvalue weighted by atomic mass is 10.1. The summed E-state index contributed by atoms with van der Waals surface area (Å²) in [6.45, 7) is 1.54. The van der Waals surface area contributed by atoms with E-state index in [0.717, 1.165) is 6.26 Å². The van der Waals surface area contributed by atoms with E-state index in [-0.39, 0.29) is 4.47 Å². The normalized spacial score (nSPS) is 15.8. The van der Waals surface area contributed by atoms with Crippen molar-refractivity contribution >= 4 is 25.8 Å². The second-order valence-corrected chi connectivity index (χ2v) is 6.99. The Morgan fingerprint density at radius 2 is 2.00 bits per heavy atom. The zero-order valence-corrected chi connectivity index (χ0v) is 11.3. The summed E-state index contributed by atoms with van der Waals surface area (Å²) in [5.74, 6) is -0.400. The third kappa shape index (κ3) is 3.02. The first-order valence-corrected chi connectivity index (χ1v) is 7.37. The van der Waals surface area contributed by atoms with Gasteiger partial charge in [-0.05, 0) is 40.5 Å². The van der Waals surface area contributed by atoms with Gasteiger partial charge >= 0.3 is 0 Å². The number of nitrogens with two attached hydrogens (primary N) is 1. The van der Waals surface area contributed by atoms with E-state index in [4.69, 9.17) is 5.73 Å². The van der Waals surface area contributed by atoms with Crippen LogP contribution in [0.15, 0.2) is 22.7 Å². The van der Waals surface area contributed by atoms with Crippen LogP contribution < -0.4 is 5.73 Å². The van der Waals surface area contributed by atoms with Crippen LogP contribution in [0.5, 0.6) is 0 Å². The van der Waals surface area contributed by atoms with Gasteiger partial charge in [-0.15, -0.1) is 0 Å². The molecule has 0 radical (unpaired) electrons. The Morgan fingerprint density at radius 1 is 1.44 bits per heavy atom. The van der Waals surface area contributed by atoms with Crippen LogP contribution in [0.25, 0.3) is 0 Å². The highest BCUT2D eigenvalue weighted by atomic mass is 79.9. The topological polar surface area (TPSA) is 60.2 Å². The molecule has 2 N–H and O–H groups in total. The molecule has 0 saturated heterocycles. The van der Waals surface area contributed by atoms with Crippen molar-refractivity contribution in [2.75, 3.05) is 6.26 Å². The van der Waals surface area contributed by atoms with Gasteiger partial charge in [0.05, 0.1) is 9.72 Å². The number of rotatable bonds is 3. The van der Waals surface area contributed by atoms with Crippen LogP contribution in [0.1, 0.15) is 18.5 Å². The van der Waals surface area contributed by atoms with Crippen molar-refractivity contribution in [1.29, 1.82) is 0 Å². The minimum absolute atomic E-state index is 0.279. The summed E-state index contributed by atoms with van der Waals surface area (Å²) >= 11 is 3.03. The quantitative estimate of drug-likeness (QED) is 0.929. The molecule has 3 nitrogen and oxygen atoms in total. The van der Waals surface area contributed by atoms with Crippen molar-refractivity contribution in [2.24, 2.45) is 5.73 Å². The summed E-state index contributed by atoms with van der Waals surface area (Å²) < 4.78 is 35.9. The van der Waals surface area contributed by atoms with Crippen LogP contribution in [-0.4, -0.2) is 19.9 Å². The molecule has 0 aliphatic heterocycles. The predicted octanol–water partition coefficient (Wildman–Crippen LogP) is 2.02. The van der Waals surface area contributed by atoms with Gasteiger partial charge in [0, 0.05) is 12.3 Å². The summed E-state index contributed by atoms with van der Waals surface area (Å²) in [4.78, 5) is 0. The van der Waals surface area contributed by atoms with Crippen molar-refractivity contribution in [2.45, 2.75) is 18.2 Å². The van der Waals surface area contributed by atoms with Gasteiger partial charge in [-0.3, -0.25) is 0 Å². The molecular weight excluding hydrogens is 297 g/mol. The minimum atomic E-state index is -3.21. The van der Waals surface area contributed by atoms with Gasteiger partial charge in [0.25, 0.3) is 0 Å². The highest BCUT2D eigenvalue weighted by Gasteiger charge is 2.24. The maximum atomic E-state index is 13.0. The van der Waals surface area contributed by atoms with Crippen molar-refractivity contribution in [1.82, 2.24) is 0 Å². The van der Waals surface area contributed by atoms with E-state index in [0.29, 0.717) is 5.56 Å². The van der Waals surface area contributed by atoms with E-state index in [1.165, 1.54) is 25.1 Å². The fraction of sp³-hybridized carbons (Fsp3) is 0.400. The zero-order chi connectivity index (χ0) is 12.5. The second kappa shape index (κ2) is 4.81. The Labute approximate surface area is 103 Å². The van der Waals surface area contributed by atoms with E-state index in [1.54, 1.807) is 0 Å². The maximum absolute atomic E-state index is 13.0. The van der Waals surface area contributed by atoms with Crippen LogP contribution >= 0.6 is 15.9 Å². The molecule has 6 heteroatoms. The number of halogens is 2. The highest BCUT2D eigenvalue weighted by molar-refractivity contribution is 9.10. The Bertz CT molecular complexity index is 490. The summed E-state index contributed by atoms with van der Waals surface area (Å²) in [6, 6.07) is 3.59. The molecule has 1 rings (SSSR count). The second-order valence-electron chi connectivity index (χ2n) is 3.73. The van der Waals surface area contributed by atoms with Crippen LogP contribution in [0, 0.1) is 5.82 Å². The average molecular weight is 310 g/mol. The highest BCUT2D eigenvalue weighted by Crippen LogP contribution is 2.24. The van der Waals surface area contributed by atoms with Gasteiger partial charge in [-0.25, -0.2) is 12.8 Å². The molecule has 0 aliphatic carbocycles. The maximum Gasteiger partial charge on any atom is 0.151 e. The third-order valence-corrected chi connectivity index (χ3v) is 4.76. The van der Waals surface area contributed by atoms with Crippen molar-refractivity contribution < 1.29 is 12.8 Å². The monoisotopic (exact) mass is 309 g/mol. The number of sulfone groups is 1. The standard InChI is InChI=1S/C10H13BrFNO2S/c1-6(16(2,14)15)10(13)7-3-4-9(12)8(11)5-7/h3-6,10H,13H2,1-2H3. The first-order chi connectivity index (χ1) is 7.23. The first kappa shape index (κ1) is 13.6. The summed E-state index contributed by atoms with van der Waals surface area (Å²) in [5, 5.41) is -0.704. The molecule has 0 fully saturated rings. The van der Waals surface area contributed by atoms with Crippen molar-refractivity contribution in [3.8, 4) is 0 Å². The van der Waals surface area contributed by atoms with Gasteiger partial charge in [-0.1, -0.05) is 6.07 Å². The number of hydrogen-bond acceptors (Lipinski definition) is 3. The molecule has 0 amide bonds. The fourth-order valence-corrected chi connectivity index (χ4v) is 2.34. The number of benzene rings is 1. The Balaban J connectivity index is 3.06. The molecule has 0 heterocycles.